The zero-order chi connectivity index (χ0) is 20.4. The number of carbonyl (C=O) groups is 1. The number of benzene rings is 1. The Labute approximate surface area is 162 Å². The van der Waals surface area contributed by atoms with Gasteiger partial charge in [-0.2, -0.15) is 4.72 Å². The second-order valence-corrected chi connectivity index (χ2v) is 8.72. The van der Waals surface area contributed by atoms with Gasteiger partial charge < -0.3 is 10.5 Å². The first-order chi connectivity index (χ1) is 12.4. The van der Waals surface area contributed by atoms with Crippen LogP contribution in [0.5, 0.6) is 0 Å². The van der Waals surface area contributed by atoms with Crippen molar-refractivity contribution in [1.82, 2.24) is 9.71 Å². The van der Waals surface area contributed by atoms with Crippen LogP contribution in [0.3, 0.4) is 0 Å². The monoisotopic (exact) mass is 413 g/mol. The van der Waals surface area contributed by atoms with Crippen molar-refractivity contribution in [2.75, 3.05) is 11.0 Å². The molecule has 0 spiro atoms. The minimum absolute atomic E-state index is 0.0542. The largest absolute Gasteiger partial charge is 0.459 e. The molecular formula is C16H20ClN5O4S. The summed E-state index contributed by atoms with van der Waals surface area (Å²) in [7, 11) is -3.94. The van der Waals surface area contributed by atoms with Crippen molar-refractivity contribution >= 4 is 50.2 Å². The summed E-state index contributed by atoms with van der Waals surface area (Å²) >= 11 is 5.95. The normalized spacial score (nSPS) is 12.0. The number of hydrogen-bond acceptors (Lipinski definition) is 6. The number of fused-ring (bicyclic) bond motifs is 1. The van der Waals surface area contributed by atoms with Gasteiger partial charge in [-0.15, -0.1) is 0 Å². The van der Waals surface area contributed by atoms with Gasteiger partial charge in [-0.25, -0.2) is 12.8 Å². The number of aromatic nitrogens is 1. The lowest BCUT2D eigenvalue weighted by atomic mass is 10.1. The Morgan fingerprint density at radius 3 is 2.63 bits per heavy atom. The van der Waals surface area contributed by atoms with Crippen molar-refractivity contribution in [3.63, 3.8) is 0 Å². The molecule has 0 saturated carbocycles. The summed E-state index contributed by atoms with van der Waals surface area (Å²) in [4.78, 5) is 15.7. The predicted octanol–water partition coefficient (Wildman–Crippen LogP) is 1.71. The molecule has 0 aliphatic rings. The van der Waals surface area contributed by atoms with Gasteiger partial charge in [0, 0.05) is 28.7 Å². The molecular weight excluding hydrogens is 394 g/mol. The average Bonchev–Trinajstić information content (AvgIpc) is 2.57. The molecule has 0 fully saturated rings. The minimum atomic E-state index is -3.94. The summed E-state index contributed by atoms with van der Waals surface area (Å²) in [5.74, 6) is -1.09. The van der Waals surface area contributed by atoms with Gasteiger partial charge in [0.2, 0.25) is 16.0 Å². The van der Waals surface area contributed by atoms with Crippen LogP contribution < -0.4 is 14.9 Å². The first-order valence-electron chi connectivity index (χ1n) is 7.80. The van der Waals surface area contributed by atoms with Crippen LogP contribution in [0.15, 0.2) is 35.5 Å². The Hall–Kier alpha value is -2.43. The minimum Gasteiger partial charge on any atom is -0.459 e. The number of sulfonamides is 1. The van der Waals surface area contributed by atoms with Crippen LogP contribution in [-0.2, 0) is 19.6 Å². The number of nitrogens with zero attached hydrogens (tertiary/aromatic N) is 2. The van der Waals surface area contributed by atoms with Gasteiger partial charge in [0.1, 0.15) is 12.1 Å². The number of esters is 1. The smallest absolute Gasteiger partial charge is 0.321 e. The molecule has 2 aromatic rings. The van der Waals surface area contributed by atoms with Crippen LogP contribution >= 0.6 is 11.8 Å². The molecule has 11 heteroatoms. The lowest BCUT2D eigenvalue weighted by Crippen LogP contribution is -2.34. The molecule has 146 valence electrons. The van der Waals surface area contributed by atoms with Crippen LogP contribution in [0, 0.1) is 5.41 Å². The number of hydrogen-bond donors (Lipinski definition) is 3. The van der Waals surface area contributed by atoms with E-state index in [1.807, 2.05) is 0 Å². The summed E-state index contributed by atoms with van der Waals surface area (Å²) in [6.45, 7) is 4.58. The number of nitrogens with one attached hydrogen (secondary N) is 2. The molecule has 4 N–H and O–H groups in total. The van der Waals surface area contributed by atoms with Crippen LogP contribution in [0.25, 0.3) is 10.8 Å². The number of rotatable bonds is 5. The Morgan fingerprint density at radius 1 is 1.37 bits per heavy atom. The Balaban J connectivity index is 2.28. The SMILES string of the molecule is CC(C)(C)OC(=O)CNS(=O)(=O)c1ccc2c(N(Cl)C(=N)N)cncc2c1. The number of carbonyl (C=O) groups excluding carboxylic acids is 1. The van der Waals surface area contributed by atoms with Gasteiger partial charge >= 0.3 is 5.97 Å². The van der Waals surface area contributed by atoms with E-state index < -0.39 is 34.1 Å². The predicted molar refractivity (Wildman–Crippen MR) is 103 cm³/mol. The zero-order valence-corrected chi connectivity index (χ0v) is 16.6. The van der Waals surface area contributed by atoms with Gasteiger partial charge in [-0.05, 0) is 32.9 Å². The van der Waals surface area contributed by atoms with E-state index in [-0.39, 0.29) is 4.90 Å². The Kier molecular flexibility index (Phi) is 5.93. The van der Waals surface area contributed by atoms with Gasteiger partial charge in [0.05, 0.1) is 16.8 Å². The molecule has 0 aliphatic carbocycles. The van der Waals surface area contributed by atoms with Crippen LogP contribution in [0.1, 0.15) is 20.8 Å². The van der Waals surface area contributed by atoms with E-state index in [2.05, 4.69) is 9.71 Å². The quantitative estimate of drug-likeness (QED) is 0.293. The van der Waals surface area contributed by atoms with E-state index in [1.54, 1.807) is 20.8 Å². The molecule has 0 unspecified atom stereocenters. The second kappa shape index (κ2) is 7.67. The standard InChI is InChI=1S/C16H20ClN5O4S/c1-16(2,3)26-14(23)9-21-27(24,25)11-4-5-12-10(6-11)7-20-8-13(12)22(17)15(18)19/h4-8,21H,9H2,1-3H3,(H3,18,19). The molecule has 1 heterocycles. The molecule has 0 amide bonds. The Morgan fingerprint density at radius 2 is 2.04 bits per heavy atom. The van der Waals surface area contributed by atoms with Gasteiger partial charge in [-0.1, -0.05) is 6.07 Å². The molecule has 0 bridgehead atoms. The Bertz CT molecular complexity index is 988. The summed E-state index contributed by atoms with van der Waals surface area (Å²) < 4.78 is 33.1. The van der Waals surface area contributed by atoms with Gasteiger partial charge in [0.25, 0.3) is 0 Å². The number of nitrogens with two attached hydrogens (primary N) is 1. The molecule has 1 aromatic heterocycles. The molecule has 9 nitrogen and oxygen atoms in total. The fourth-order valence-corrected chi connectivity index (χ4v) is 3.35. The highest BCUT2D eigenvalue weighted by Crippen LogP contribution is 2.28. The number of pyridine rings is 1. The van der Waals surface area contributed by atoms with Crippen molar-refractivity contribution in [3.8, 4) is 0 Å². The lowest BCUT2D eigenvalue weighted by Gasteiger charge is -2.19. The van der Waals surface area contributed by atoms with E-state index in [0.717, 1.165) is 4.42 Å². The van der Waals surface area contributed by atoms with E-state index in [0.29, 0.717) is 16.5 Å². The van der Waals surface area contributed by atoms with Gasteiger partial charge in [-0.3, -0.25) is 15.2 Å². The third-order valence-electron chi connectivity index (χ3n) is 3.27. The second-order valence-electron chi connectivity index (χ2n) is 6.62. The van der Waals surface area contributed by atoms with Crippen LogP contribution in [-0.4, -0.2) is 37.5 Å². The summed E-state index contributed by atoms with van der Waals surface area (Å²) in [6, 6.07) is 4.26. The zero-order valence-electron chi connectivity index (χ0n) is 15.0. The summed E-state index contributed by atoms with van der Waals surface area (Å²) in [5, 5.41) is 8.43. The van der Waals surface area contributed by atoms with E-state index >= 15 is 0 Å². The molecule has 0 saturated heterocycles. The highest BCUT2D eigenvalue weighted by molar-refractivity contribution is 7.89. The van der Waals surface area contributed by atoms with Crippen molar-refractivity contribution in [2.24, 2.45) is 5.73 Å². The molecule has 27 heavy (non-hydrogen) atoms. The first kappa shape index (κ1) is 20.9. The number of ether oxygens (including phenoxy) is 1. The maximum atomic E-state index is 12.4. The van der Waals surface area contributed by atoms with E-state index in [9.17, 15) is 13.2 Å². The van der Waals surface area contributed by atoms with Crippen molar-refractivity contribution in [1.29, 1.82) is 5.41 Å². The van der Waals surface area contributed by atoms with Crippen LogP contribution in [0.4, 0.5) is 5.69 Å². The van der Waals surface area contributed by atoms with Crippen LogP contribution in [0.2, 0.25) is 0 Å². The number of halogens is 1. The molecule has 2 rings (SSSR count). The first-order valence-corrected chi connectivity index (χ1v) is 9.62. The maximum absolute atomic E-state index is 12.4. The fraction of sp³-hybridized carbons (Fsp3) is 0.312. The third kappa shape index (κ3) is 5.28. The van der Waals surface area contributed by atoms with Crippen molar-refractivity contribution in [3.05, 3.63) is 30.6 Å². The topological polar surface area (TPSA) is 138 Å². The highest BCUT2D eigenvalue weighted by atomic mass is 35.5. The maximum Gasteiger partial charge on any atom is 0.321 e. The summed E-state index contributed by atoms with van der Waals surface area (Å²) in [6.07, 6.45) is 2.86. The third-order valence-corrected chi connectivity index (χ3v) is 5.03. The van der Waals surface area contributed by atoms with E-state index in [4.69, 9.17) is 27.7 Å². The van der Waals surface area contributed by atoms with Crippen molar-refractivity contribution < 1.29 is 17.9 Å². The average molecular weight is 414 g/mol. The molecule has 1 aromatic carbocycles. The highest BCUT2D eigenvalue weighted by Gasteiger charge is 2.21. The molecule has 0 aliphatic heterocycles. The molecule has 0 atom stereocenters. The molecule has 0 radical (unpaired) electrons. The number of guanidine groups is 1. The fourth-order valence-electron chi connectivity index (χ4n) is 2.21. The lowest BCUT2D eigenvalue weighted by molar-refractivity contribution is -0.153. The van der Waals surface area contributed by atoms with Crippen molar-refractivity contribution in [2.45, 2.75) is 31.3 Å². The summed E-state index contributed by atoms with van der Waals surface area (Å²) in [5.41, 5.74) is 5.00. The number of anilines is 1. The van der Waals surface area contributed by atoms with Gasteiger partial charge in [0.15, 0.2) is 0 Å². The van der Waals surface area contributed by atoms with E-state index in [1.165, 1.54) is 30.6 Å².